The molecule has 1 heterocycles. The Bertz CT molecular complexity index is 298. The molecule has 1 nitrogen and oxygen atoms in total. The topological polar surface area (TPSA) is 12.0 Å². The predicted molar refractivity (Wildman–Crippen MR) is 50.9 cm³/mol. The van der Waals surface area contributed by atoms with Crippen LogP contribution in [-0.4, -0.2) is 6.54 Å². The maximum Gasteiger partial charge on any atom is 0.123 e. The van der Waals surface area contributed by atoms with E-state index in [-0.39, 0.29) is 5.82 Å². The molecular formula is C11H14FN. The van der Waals surface area contributed by atoms with Crippen molar-refractivity contribution >= 4 is 0 Å². The molecule has 0 aromatic heterocycles. The fraction of sp³-hybridized carbons (Fsp3) is 0.455. The summed E-state index contributed by atoms with van der Waals surface area (Å²) in [6, 6.07) is 7.22. The van der Waals surface area contributed by atoms with Gasteiger partial charge in [0.2, 0.25) is 0 Å². The van der Waals surface area contributed by atoms with Crippen LogP contribution >= 0.6 is 0 Å². The summed E-state index contributed by atoms with van der Waals surface area (Å²) in [6.07, 6.45) is 1.18. The Morgan fingerprint density at radius 1 is 1.46 bits per heavy atom. The lowest BCUT2D eigenvalue weighted by Gasteiger charge is -2.15. The second-order valence-electron chi connectivity index (χ2n) is 3.75. The molecule has 2 atom stereocenters. The molecule has 0 bridgehead atoms. The van der Waals surface area contributed by atoms with Crippen LogP contribution in [0.3, 0.4) is 0 Å². The third-order valence-corrected chi connectivity index (χ3v) is 2.74. The van der Waals surface area contributed by atoms with Crippen molar-refractivity contribution in [1.82, 2.24) is 5.32 Å². The number of hydrogen-bond acceptors (Lipinski definition) is 1. The molecule has 13 heavy (non-hydrogen) atoms. The molecule has 1 fully saturated rings. The normalized spacial score (nSPS) is 27.8. The van der Waals surface area contributed by atoms with Crippen molar-refractivity contribution in [2.24, 2.45) is 5.92 Å². The zero-order valence-corrected chi connectivity index (χ0v) is 7.76. The maximum atomic E-state index is 12.9. The largest absolute Gasteiger partial charge is 0.310 e. The predicted octanol–water partition coefficient (Wildman–Crippen LogP) is 2.50. The van der Waals surface area contributed by atoms with Gasteiger partial charge in [-0.1, -0.05) is 19.1 Å². The minimum Gasteiger partial charge on any atom is -0.310 e. The average molecular weight is 179 g/mol. The first kappa shape index (κ1) is 8.70. The van der Waals surface area contributed by atoms with E-state index in [0.29, 0.717) is 12.0 Å². The van der Waals surface area contributed by atoms with Crippen LogP contribution in [0.15, 0.2) is 24.3 Å². The van der Waals surface area contributed by atoms with Crippen molar-refractivity contribution in [2.75, 3.05) is 6.54 Å². The molecule has 0 aliphatic carbocycles. The van der Waals surface area contributed by atoms with Gasteiger partial charge in [0.05, 0.1) is 0 Å². The molecule has 0 spiro atoms. The van der Waals surface area contributed by atoms with Crippen molar-refractivity contribution in [2.45, 2.75) is 19.4 Å². The van der Waals surface area contributed by atoms with Crippen LogP contribution in [0.1, 0.15) is 24.9 Å². The monoisotopic (exact) mass is 179 g/mol. The van der Waals surface area contributed by atoms with Crippen molar-refractivity contribution in [3.05, 3.63) is 35.6 Å². The smallest absolute Gasteiger partial charge is 0.123 e. The second-order valence-corrected chi connectivity index (χ2v) is 3.75. The van der Waals surface area contributed by atoms with E-state index >= 15 is 0 Å². The van der Waals surface area contributed by atoms with E-state index in [1.165, 1.54) is 12.5 Å². The van der Waals surface area contributed by atoms with Gasteiger partial charge < -0.3 is 5.32 Å². The Kier molecular flexibility index (Phi) is 2.32. The molecular weight excluding hydrogens is 165 g/mol. The van der Waals surface area contributed by atoms with Gasteiger partial charge in [-0.3, -0.25) is 0 Å². The minimum atomic E-state index is -0.140. The highest BCUT2D eigenvalue weighted by atomic mass is 19.1. The van der Waals surface area contributed by atoms with Gasteiger partial charge in [-0.05, 0) is 36.6 Å². The van der Waals surface area contributed by atoms with Gasteiger partial charge in [-0.2, -0.15) is 0 Å². The van der Waals surface area contributed by atoms with E-state index in [0.717, 1.165) is 12.1 Å². The lowest BCUT2D eigenvalue weighted by atomic mass is 9.96. The maximum absolute atomic E-state index is 12.9. The number of halogens is 1. The van der Waals surface area contributed by atoms with Crippen LogP contribution in [0, 0.1) is 11.7 Å². The molecule has 1 aromatic carbocycles. The van der Waals surface area contributed by atoms with Gasteiger partial charge in [-0.25, -0.2) is 4.39 Å². The van der Waals surface area contributed by atoms with Gasteiger partial charge >= 0.3 is 0 Å². The molecule has 1 N–H and O–H groups in total. The van der Waals surface area contributed by atoms with E-state index in [1.54, 1.807) is 12.1 Å². The first-order valence-electron chi connectivity index (χ1n) is 4.76. The molecule has 2 heteroatoms. The fourth-order valence-corrected chi connectivity index (χ4v) is 1.98. The Morgan fingerprint density at radius 3 is 2.92 bits per heavy atom. The summed E-state index contributed by atoms with van der Waals surface area (Å²) in [6.45, 7) is 3.25. The highest BCUT2D eigenvalue weighted by Crippen LogP contribution is 2.28. The number of nitrogens with one attached hydrogen (secondary N) is 1. The van der Waals surface area contributed by atoms with Crippen LogP contribution in [0.4, 0.5) is 4.39 Å². The quantitative estimate of drug-likeness (QED) is 0.698. The molecule has 2 rings (SSSR count). The van der Waals surface area contributed by atoms with E-state index in [1.807, 2.05) is 6.07 Å². The van der Waals surface area contributed by atoms with Crippen LogP contribution in [0.25, 0.3) is 0 Å². The Hall–Kier alpha value is -0.890. The molecule has 70 valence electrons. The highest BCUT2D eigenvalue weighted by Gasteiger charge is 2.23. The van der Waals surface area contributed by atoms with Gasteiger partial charge in [0.1, 0.15) is 5.82 Å². The number of benzene rings is 1. The van der Waals surface area contributed by atoms with Crippen molar-refractivity contribution in [1.29, 1.82) is 0 Å². The third-order valence-electron chi connectivity index (χ3n) is 2.74. The Labute approximate surface area is 78.0 Å². The summed E-state index contributed by atoms with van der Waals surface area (Å²) >= 11 is 0. The first-order valence-corrected chi connectivity index (χ1v) is 4.76. The van der Waals surface area contributed by atoms with E-state index < -0.39 is 0 Å². The molecule has 1 unspecified atom stereocenters. The zero-order chi connectivity index (χ0) is 9.26. The van der Waals surface area contributed by atoms with Gasteiger partial charge in [-0.15, -0.1) is 0 Å². The summed E-state index contributed by atoms with van der Waals surface area (Å²) in [5.41, 5.74) is 1.07. The molecule has 1 saturated heterocycles. The molecule has 0 saturated carbocycles. The number of rotatable bonds is 1. The second kappa shape index (κ2) is 3.46. The van der Waals surface area contributed by atoms with Crippen molar-refractivity contribution in [3.63, 3.8) is 0 Å². The lowest BCUT2D eigenvalue weighted by molar-refractivity contribution is 0.500. The third kappa shape index (κ3) is 1.73. The first-order chi connectivity index (χ1) is 6.27. The standard InChI is InChI=1S/C11H14FN/c1-8-5-6-13-11(8)9-3-2-4-10(12)7-9/h2-4,7-8,11,13H,5-6H2,1H3/t8-,11?/m0/s1. The molecule has 1 aliphatic rings. The van der Waals surface area contributed by atoms with E-state index in [2.05, 4.69) is 12.2 Å². The van der Waals surface area contributed by atoms with Crippen molar-refractivity contribution < 1.29 is 4.39 Å². The molecule has 1 aromatic rings. The van der Waals surface area contributed by atoms with E-state index in [9.17, 15) is 4.39 Å². The van der Waals surface area contributed by atoms with Crippen LogP contribution in [0.2, 0.25) is 0 Å². The van der Waals surface area contributed by atoms with Gasteiger partial charge in [0.15, 0.2) is 0 Å². The van der Waals surface area contributed by atoms with Crippen molar-refractivity contribution in [3.8, 4) is 0 Å². The minimum absolute atomic E-state index is 0.140. The van der Waals surface area contributed by atoms with Crippen LogP contribution in [-0.2, 0) is 0 Å². The summed E-state index contributed by atoms with van der Waals surface area (Å²) in [5.74, 6) is 0.472. The lowest BCUT2D eigenvalue weighted by Crippen LogP contribution is -2.16. The summed E-state index contributed by atoms with van der Waals surface area (Å²) in [7, 11) is 0. The average Bonchev–Trinajstić information content (AvgIpc) is 2.51. The summed E-state index contributed by atoms with van der Waals surface area (Å²) < 4.78 is 12.9. The summed E-state index contributed by atoms with van der Waals surface area (Å²) in [4.78, 5) is 0. The van der Waals surface area contributed by atoms with Gasteiger partial charge in [0.25, 0.3) is 0 Å². The van der Waals surface area contributed by atoms with E-state index in [4.69, 9.17) is 0 Å². The summed E-state index contributed by atoms with van der Waals surface area (Å²) in [5, 5.41) is 3.38. The Balaban J connectivity index is 2.24. The molecule has 0 amide bonds. The molecule has 0 radical (unpaired) electrons. The highest BCUT2D eigenvalue weighted by molar-refractivity contribution is 5.21. The van der Waals surface area contributed by atoms with Gasteiger partial charge in [0, 0.05) is 6.04 Å². The van der Waals surface area contributed by atoms with Crippen LogP contribution in [0.5, 0.6) is 0 Å². The fourth-order valence-electron chi connectivity index (χ4n) is 1.98. The van der Waals surface area contributed by atoms with Crippen LogP contribution < -0.4 is 5.32 Å². The number of hydrogen-bond donors (Lipinski definition) is 1. The Morgan fingerprint density at radius 2 is 2.31 bits per heavy atom. The SMILES string of the molecule is C[C@H]1CCNC1c1cccc(F)c1. The zero-order valence-electron chi connectivity index (χ0n) is 7.76. The molecule has 1 aliphatic heterocycles.